The molecule has 1 rings (SSSR count). The van der Waals surface area contributed by atoms with Gasteiger partial charge in [0, 0.05) is 18.2 Å². The number of H-pyrrole nitrogens is 1. The molecule has 106 valence electrons. The van der Waals surface area contributed by atoms with Crippen molar-refractivity contribution in [1.29, 1.82) is 0 Å². The Hall–Kier alpha value is -1.20. The minimum atomic E-state index is -0.474. The molecule has 1 atom stereocenters. The van der Waals surface area contributed by atoms with E-state index < -0.39 is 6.10 Å². The van der Waals surface area contributed by atoms with Crippen LogP contribution in [0.5, 0.6) is 0 Å². The van der Waals surface area contributed by atoms with E-state index in [1.54, 1.807) is 18.3 Å². The molecule has 1 heterocycles. The van der Waals surface area contributed by atoms with Crippen molar-refractivity contribution < 1.29 is 9.90 Å². The molecule has 1 amide bonds. The topological polar surface area (TPSA) is 65.1 Å². The molecule has 0 saturated carbocycles. The van der Waals surface area contributed by atoms with E-state index in [1.807, 2.05) is 27.7 Å². The molecule has 19 heavy (non-hydrogen) atoms. The number of aliphatic hydroxyl groups excluding tert-OH is 1. The predicted molar refractivity (Wildman–Crippen MR) is 78.6 cm³/mol. The number of aromatic nitrogens is 1. The van der Waals surface area contributed by atoms with E-state index in [9.17, 15) is 9.90 Å². The van der Waals surface area contributed by atoms with Crippen molar-refractivity contribution in [3.05, 3.63) is 28.5 Å². The molecule has 0 aliphatic heterocycles. The van der Waals surface area contributed by atoms with Gasteiger partial charge in [0.15, 0.2) is 0 Å². The zero-order valence-corrected chi connectivity index (χ0v) is 12.7. The van der Waals surface area contributed by atoms with E-state index in [0.29, 0.717) is 16.7 Å². The van der Waals surface area contributed by atoms with Crippen LogP contribution in [0.25, 0.3) is 0 Å². The van der Waals surface area contributed by atoms with Crippen LogP contribution in [-0.2, 0) is 0 Å². The zero-order chi connectivity index (χ0) is 14.6. The second-order valence-electron chi connectivity index (χ2n) is 5.77. The number of amides is 1. The monoisotopic (exact) mass is 282 g/mol. The quantitative estimate of drug-likeness (QED) is 0.727. The fourth-order valence-corrected chi connectivity index (χ4v) is 2.24. The molecule has 0 radical (unpaired) electrons. The van der Waals surface area contributed by atoms with E-state index in [0.717, 1.165) is 0 Å². The minimum Gasteiger partial charge on any atom is -0.392 e. The van der Waals surface area contributed by atoms with Crippen molar-refractivity contribution in [2.24, 2.45) is 11.3 Å². The van der Waals surface area contributed by atoms with Gasteiger partial charge in [-0.2, -0.15) is 0 Å². The Labute approximate surface area is 119 Å². The average Bonchev–Trinajstić information content (AvgIpc) is 2.35. The van der Waals surface area contributed by atoms with Crippen LogP contribution >= 0.6 is 12.2 Å². The average molecular weight is 282 g/mol. The fraction of sp³-hybridized carbons (Fsp3) is 0.571. The third-order valence-corrected chi connectivity index (χ3v) is 3.54. The molecule has 1 aromatic rings. The first-order valence-corrected chi connectivity index (χ1v) is 6.80. The first-order valence-electron chi connectivity index (χ1n) is 6.39. The Kier molecular flexibility index (Phi) is 5.26. The molecular formula is C14H22N2O2S. The molecule has 5 heteroatoms. The van der Waals surface area contributed by atoms with Gasteiger partial charge in [0.25, 0.3) is 5.91 Å². The summed E-state index contributed by atoms with van der Waals surface area (Å²) < 4.78 is 0.419. The SMILES string of the molecule is CC(C)C(O)C(C)(C)CNC(=O)c1ccc[nH]c1=S. The van der Waals surface area contributed by atoms with Crippen LogP contribution in [0.4, 0.5) is 0 Å². The number of pyridine rings is 1. The van der Waals surface area contributed by atoms with E-state index >= 15 is 0 Å². The summed E-state index contributed by atoms with van der Waals surface area (Å²) in [6, 6.07) is 3.42. The number of aromatic amines is 1. The van der Waals surface area contributed by atoms with E-state index in [2.05, 4.69) is 10.3 Å². The summed E-state index contributed by atoms with van der Waals surface area (Å²) in [5.41, 5.74) is 0.0663. The highest BCUT2D eigenvalue weighted by molar-refractivity contribution is 7.71. The molecule has 0 aromatic carbocycles. The molecule has 0 aliphatic rings. The molecule has 0 fully saturated rings. The van der Waals surface area contributed by atoms with Crippen LogP contribution in [-0.4, -0.2) is 28.6 Å². The van der Waals surface area contributed by atoms with E-state index in [1.165, 1.54) is 0 Å². The van der Waals surface area contributed by atoms with Gasteiger partial charge in [0.2, 0.25) is 0 Å². The van der Waals surface area contributed by atoms with Crippen molar-refractivity contribution in [3.63, 3.8) is 0 Å². The summed E-state index contributed by atoms with van der Waals surface area (Å²) in [4.78, 5) is 14.8. The lowest BCUT2D eigenvalue weighted by Crippen LogP contribution is -2.43. The summed E-state index contributed by atoms with van der Waals surface area (Å²) in [5, 5.41) is 12.9. The van der Waals surface area contributed by atoms with Crippen LogP contribution in [0.3, 0.4) is 0 Å². The van der Waals surface area contributed by atoms with Gasteiger partial charge < -0.3 is 15.4 Å². The number of carbonyl (C=O) groups excluding carboxylic acids is 1. The fourth-order valence-electron chi connectivity index (χ4n) is 2.01. The van der Waals surface area contributed by atoms with Crippen molar-refractivity contribution >= 4 is 18.1 Å². The predicted octanol–water partition coefficient (Wildman–Crippen LogP) is 2.52. The van der Waals surface area contributed by atoms with Crippen LogP contribution in [0.15, 0.2) is 18.3 Å². The highest BCUT2D eigenvalue weighted by Crippen LogP contribution is 2.25. The van der Waals surface area contributed by atoms with Gasteiger partial charge in [-0.3, -0.25) is 4.79 Å². The Bertz CT molecular complexity index is 494. The maximum Gasteiger partial charge on any atom is 0.254 e. The largest absolute Gasteiger partial charge is 0.392 e. The summed E-state index contributed by atoms with van der Waals surface area (Å²) in [7, 11) is 0. The summed E-state index contributed by atoms with van der Waals surface area (Å²) in [6.07, 6.45) is 1.21. The van der Waals surface area contributed by atoms with Crippen molar-refractivity contribution in [2.75, 3.05) is 6.54 Å². The Morgan fingerprint density at radius 3 is 2.68 bits per heavy atom. The Morgan fingerprint density at radius 1 is 1.53 bits per heavy atom. The number of hydrogen-bond acceptors (Lipinski definition) is 3. The lowest BCUT2D eigenvalue weighted by molar-refractivity contribution is 0.0138. The van der Waals surface area contributed by atoms with Gasteiger partial charge in [-0.25, -0.2) is 0 Å². The molecule has 1 unspecified atom stereocenters. The zero-order valence-electron chi connectivity index (χ0n) is 11.9. The van der Waals surface area contributed by atoms with Crippen molar-refractivity contribution in [1.82, 2.24) is 10.3 Å². The maximum atomic E-state index is 12.0. The normalized spacial score (nSPS) is 13.4. The van der Waals surface area contributed by atoms with Gasteiger partial charge in [0.05, 0.1) is 11.7 Å². The summed E-state index contributed by atoms with van der Waals surface area (Å²) in [6.45, 7) is 8.19. The summed E-state index contributed by atoms with van der Waals surface area (Å²) in [5.74, 6) is -0.0719. The Morgan fingerprint density at radius 2 is 2.16 bits per heavy atom. The summed E-state index contributed by atoms with van der Waals surface area (Å²) >= 11 is 5.06. The van der Waals surface area contributed by atoms with Crippen LogP contribution < -0.4 is 5.32 Å². The smallest absolute Gasteiger partial charge is 0.254 e. The highest BCUT2D eigenvalue weighted by Gasteiger charge is 2.30. The van der Waals surface area contributed by atoms with E-state index in [-0.39, 0.29) is 17.2 Å². The van der Waals surface area contributed by atoms with Gasteiger partial charge >= 0.3 is 0 Å². The first-order chi connectivity index (χ1) is 8.75. The number of hydrogen-bond donors (Lipinski definition) is 3. The number of carbonyl (C=O) groups is 1. The molecular weight excluding hydrogens is 260 g/mol. The number of aliphatic hydroxyl groups is 1. The molecule has 0 bridgehead atoms. The molecule has 0 spiro atoms. The Balaban J connectivity index is 2.70. The third-order valence-electron chi connectivity index (χ3n) is 3.20. The molecule has 3 N–H and O–H groups in total. The first kappa shape index (κ1) is 15.9. The molecule has 4 nitrogen and oxygen atoms in total. The van der Waals surface area contributed by atoms with Crippen LogP contribution in [0.1, 0.15) is 38.1 Å². The van der Waals surface area contributed by atoms with E-state index in [4.69, 9.17) is 12.2 Å². The lowest BCUT2D eigenvalue weighted by atomic mass is 9.80. The van der Waals surface area contributed by atoms with Gasteiger partial charge in [-0.1, -0.05) is 39.9 Å². The highest BCUT2D eigenvalue weighted by atomic mass is 32.1. The molecule has 0 saturated heterocycles. The lowest BCUT2D eigenvalue weighted by Gasteiger charge is -2.33. The van der Waals surface area contributed by atoms with Gasteiger partial charge in [0.1, 0.15) is 4.64 Å². The van der Waals surface area contributed by atoms with Crippen LogP contribution in [0.2, 0.25) is 0 Å². The van der Waals surface area contributed by atoms with Crippen LogP contribution in [0, 0.1) is 16.0 Å². The second kappa shape index (κ2) is 6.30. The number of nitrogens with one attached hydrogen (secondary N) is 2. The van der Waals surface area contributed by atoms with Crippen molar-refractivity contribution in [2.45, 2.75) is 33.8 Å². The minimum absolute atomic E-state index is 0.145. The van der Waals surface area contributed by atoms with Gasteiger partial charge in [-0.15, -0.1) is 0 Å². The standard InChI is InChI=1S/C14H22N2O2S/c1-9(2)11(17)14(3,4)8-16-12(18)10-6-5-7-15-13(10)19/h5-7,9,11,17H,8H2,1-4H3,(H,15,19)(H,16,18). The maximum absolute atomic E-state index is 12.0. The second-order valence-corrected chi connectivity index (χ2v) is 6.18. The molecule has 1 aromatic heterocycles. The molecule has 0 aliphatic carbocycles. The van der Waals surface area contributed by atoms with Crippen molar-refractivity contribution in [3.8, 4) is 0 Å². The number of rotatable bonds is 5. The van der Waals surface area contributed by atoms with Gasteiger partial charge in [-0.05, 0) is 18.1 Å². The third kappa shape index (κ3) is 4.14.